The number of aromatic nitrogens is 1. The van der Waals surface area contributed by atoms with Crippen molar-refractivity contribution in [3.05, 3.63) is 53.4 Å². The maximum atomic E-state index is 14.2. The van der Waals surface area contributed by atoms with E-state index in [9.17, 15) is 4.39 Å². The molecule has 0 aliphatic rings. The summed E-state index contributed by atoms with van der Waals surface area (Å²) < 4.78 is 14.2. The van der Waals surface area contributed by atoms with E-state index in [1.165, 1.54) is 6.07 Å². The Bertz CT molecular complexity index is 830. The van der Waals surface area contributed by atoms with Crippen molar-refractivity contribution in [2.75, 3.05) is 16.8 Å². The number of nitrogens with zero attached hydrogens (tertiary/aromatic N) is 1. The SMILES string of the molecule is Nc1cc(N)c(Nc2cccc3cccnc23)c(F)c1Cl. The molecule has 1 aromatic heterocycles. The van der Waals surface area contributed by atoms with Gasteiger partial charge in [-0.15, -0.1) is 0 Å². The number of fused-ring (bicyclic) bond motifs is 1. The van der Waals surface area contributed by atoms with Crippen molar-refractivity contribution in [1.82, 2.24) is 4.98 Å². The molecule has 0 fully saturated rings. The molecule has 0 saturated heterocycles. The van der Waals surface area contributed by atoms with E-state index in [-0.39, 0.29) is 22.1 Å². The van der Waals surface area contributed by atoms with Gasteiger partial charge in [-0.05, 0) is 18.2 Å². The maximum Gasteiger partial charge on any atom is 0.169 e. The van der Waals surface area contributed by atoms with Crippen LogP contribution in [0.2, 0.25) is 5.02 Å². The van der Waals surface area contributed by atoms with Crippen molar-refractivity contribution in [2.45, 2.75) is 0 Å². The third-order valence-corrected chi connectivity index (χ3v) is 3.54. The zero-order valence-corrected chi connectivity index (χ0v) is 11.7. The van der Waals surface area contributed by atoms with Gasteiger partial charge in [-0.3, -0.25) is 4.98 Å². The second-order valence-electron chi connectivity index (χ2n) is 4.56. The summed E-state index contributed by atoms with van der Waals surface area (Å²) in [4.78, 5) is 4.29. The third kappa shape index (κ3) is 2.32. The van der Waals surface area contributed by atoms with Crippen LogP contribution in [0.1, 0.15) is 0 Å². The number of para-hydroxylation sites is 1. The highest BCUT2D eigenvalue weighted by molar-refractivity contribution is 6.33. The summed E-state index contributed by atoms with van der Waals surface area (Å²) in [5, 5.41) is 3.73. The van der Waals surface area contributed by atoms with Crippen LogP contribution in [0.3, 0.4) is 0 Å². The van der Waals surface area contributed by atoms with E-state index in [0.717, 1.165) is 5.39 Å². The van der Waals surface area contributed by atoms with Gasteiger partial charge in [-0.2, -0.15) is 0 Å². The second-order valence-corrected chi connectivity index (χ2v) is 4.94. The van der Waals surface area contributed by atoms with Gasteiger partial charge in [0.2, 0.25) is 0 Å². The fourth-order valence-corrected chi connectivity index (χ4v) is 2.28. The predicted octanol–water partition coefficient (Wildman–Crippen LogP) is 3.94. The Labute approximate surface area is 125 Å². The second kappa shape index (κ2) is 5.10. The smallest absolute Gasteiger partial charge is 0.169 e. The summed E-state index contributed by atoms with van der Waals surface area (Å²) in [6.45, 7) is 0. The topological polar surface area (TPSA) is 77.0 Å². The molecule has 3 aromatic rings. The molecule has 106 valence electrons. The zero-order valence-electron chi connectivity index (χ0n) is 10.9. The Balaban J connectivity index is 2.14. The monoisotopic (exact) mass is 302 g/mol. The third-order valence-electron chi connectivity index (χ3n) is 3.16. The zero-order chi connectivity index (χ0) is 15.0. The minimum atomic E-state index is -0.679. The van der Waals surface area contributed by atoms with Crippen molar-refractivity contribution in [3.8, 4) is 0 Å². The number of rotatable bonds is 2. The van der Waals surface area contributed by atoms with Gasteiger partial charge in [0.15, 0.2) is 5.82 Å². The molecule has 0 aliphatic carbocycles. The Morgan fingerprint density at radius 1 is 1.10 bits per heavy atom. The average Bonchev–Trinajstić information content (AvgIpc) is 2.49. The number of nitrogens with one attached hydrogen (secondary N) is 1. The number of halogens is 2. The lowest BCUT2D eigenvalue weighted by Crippen LogP contribution is -2.03. The molecule has 0 spiro atoms. The van der Waals surface area contributed by atoms with Crippen molar-refractivity contribution in [1.29, 1.82) is 0 Å². The maximum absolute atomic E-state index is 14.2. The highest BCUT2D eigenvalue weighted by Gasteiger charge is 2.15. The van der Waals surface area contributed by atoms with Crippen molar-refractivity contribution in [2.24, 2.45) is 0 Å². The van der Waals surface area contributed by atoms with Crippen LogP contribution in [0, 0.1) is 5.82 Å². The van der Waals surface area contributed by atoms with Gasteiger partial charge < -0.3 is 16.8 Å². The molecule has 0 unspecified atom stereocenters. The molecular formula is C15H12ClFN4. The Kier molecular flexibility index (Phi) is 3.27. The molecular weight excluding hydrogens is 291 g/mol. The lowest BCUT2D eigenvalue weighted by molar-refractivity contribution is 0.633. The molecule has 1 heterocycles. The van der Waals surface area contributed by atoms with Crippen LogP contribution < -0.4 is 16.8 Å². The first kappa shape index (κ1) is 13.5. The normalized spacial score (nSPS) is 10.8. The van der Waals surface area contributed by atoms with Crippen LogP contribution >= 0.6 is 11.6 Å². The Morgan fingerprint density at radius 3 is 2.67 bits per heavy atom. The molecule has 2 aromatic carbocycles. The van der Waals surface area contributed by atoms with Crippen LogP contribution in [0.4, 0.5) is 27.1 Å². The van der Waals surface area contributed by atoms with Crippen molar-refractivity contribution < 1.29 is 4.39 Å². The van der Waals surface area contributed by atoms with Gasteiger partial charge in [0.1, 0.15) is 5.02 Å². The molecule has 6 heteroatoms. The fourth-order valence-electron chi connectivity index (χ4n) is 2.13. The highest BCUT2D eigenvalue weighted by Crippen LogP contribution is 2.36. The van der Waals surface area contributed by atoms with E-state index >= 15 is 0 Å². The van der Waals surface area contributed by atoms with Crippen LogP contribution in [-0.4, -0.2) is 4.98 Å². The quantitative estimate of drug-likeness (QED) is 0.627. The molecule has 0 atom stereocenters. The summed E-state index contributed by atoms with van der Waals surface area (Å²) in [5.74, 6) is -0.679. The number of benzene rings is 2. The minimum absolute atomic E-state index is 0.0901. The van der Waals surface area contributed by atoms with E-state index in [0.29, 0.717) is 11.2 Å². The molecule has 0 amide bonds. The van der Waals surface area contributed by atoms with Gasteiger partial charge in [0.25, 0.3) is 0 Å². The molecule has 3 rings (SSSR count). The predicted molar refractivity (Wildman–Crippen MR) is 85.3 cm³/mol. The summed E-state index contributed by atoms with van der Waals surface area (Å²) in [7, 11) is 0. The number of hydrogen-bond acceptors (Lipinski definition) is 4. The van der Waals surface area contributed by atoms with Gasteiger partial charge >= 0.3 is 0 Å². The lowest BCUT2D eigenvalue weighted by Gasteiger charge is -2.14. The van der Waals surface area contributed by atoms with Gasteiger partial charge in [0, 0.05) is 11.6 Å². The summed E-state index contributed by atoms with van der Waals surface area (Å²) in [5.41, 5.74) is 13.1. The van der Waals surface area contributed by atoms with Crippen LogP contribution in [0.5, 0.6) is 0 Å². The van der Waals surface area contributed by atoms with Gasteiger partial charge in [-0.1, -0.05) is 29.8 Å². The Hall–Kier alpha value is -2.53. The number of pyridine rings is 1. The van der Waals surface area contributed by atoms with E-state index in [4.69, 9.17) is 23.1 Å². The average molecular weight is 303 g/mol. The lowest BCUT2D eigenvalue weighted by atomic mass is 10.1. The van der Waals surface area contributed by atoms with E-state index in [1.54, 1.807) is 12.3 Å². The van der Waals surface area contributed by atoms with Gasteiger partial charge in [-0.25, -0.2) is 4.39 Å². The molecule has 5 N–H and O–H groups in total. The minimum Gasteiger partial charge on any atom is -0.397 e. The first-order valence-electron chi connectivity index (χ1n) is 6.21. The van der Waals surface area contributed by atoms with E-state index < -0.39 is 5.82 Å². The van der Waals surface area contributed by atoms with E-state index in [1.807, 2.05) is 24.3 Å². The molecule has 0 aliphatic heterocycles. The van der Waals surface area contributed by atoms with Crippen LogP contribution in [0.15, 0.2) is 42.6 Å². The summed E-state index contributed by atoms with van der Waals surface area (Å²) in [6, 6.07) is 10.7. The summed E-state index contributed by atoms with van der Waals surface area (Å²) in [6.07, 6.45) is 1.67. The Morgan fingerprint density at radius 2 is 1.86 bits per heavy atom. The first-order chi connectivity index (χ1) is 10.1. The number of nitrogens with two attached hydrogens (primary N) is 2. The van der Waals surface area contributed by atoms with Crippen LogP contribution in [-0.2, 0) is 0 Å². The summed E-state index contributed by atoms with van der Waals surface area (Å²) >= 11 is 5.83. The largest absolute Gasteiger partial charge is 0.397 e. The first-order valence-corrected chi connectivity index (χ1v) is 6.59. The number of anilines is 4. The van der Waals surface area contributed by atoms with Crippen LogP contribution in [0.25, 0.3) is 10.9 Å². The number of hydrogen-bond donors (Lipinski definition) is 3. The van der Waals surface area contributed by atoms with Crippen molar-refractivity contribution >= 4 is 45.3 Å². The molecule has 4 nitrogen and oxygen atoms in total. The molecule has 0 bridgehead atoms. The highest BCUT2D eigenvalue weighted by atomic mass is 35.5. The fraction of sp³-hybridized carbons (Fsp3) is 0. The molecule has 21 heavy (non-hydrogen) atoms. The van der Waals surface area contributed by atoms with Crippen molar-refractivity contribution in [3.63, 3.8) is 0 Å². The van der Waals surface area contributed by atoms with Gasteiger partial charge in [0.05, 0.1) is 28.3 Å². The molecule has 0 radical (unpaired) electrons. The molecule has 0 saturated carbocycles. The standard InChI is InChI=1S/C15H12ClFN4/c16-12-9(18)7-10(19)15(13(12)17)21-11-5-1-3-8-4-2-6-20-14(8)11/h1-7,21H,18-19H2. The number of nitrogen functional groups attached to an aromatic ring is 2. The van der Waals surface area contributed by atoms with E-state index in [2.05, 4.69) is 10.3 Å².